The summed E-state index contributed by atoms with van der Waals surface area (Å²) in [6, 6.07) is 25.3. The molecule has 152 valence electrons. The van der Waals surface area contributed by atoms with Crippen molar-refractivity contribution in [2.75, 3.05) is 6.54 Å². The summed E-state index contributed by atoms with van der Waals surface area (Å²) in [5.41, 5.74) is 6.41. The van der Waals surface area contributed by atoms with Crippen LogP contribution in [0.4, 0.5) is 0 Å². The number of aromatic amines is 1. The highest BCUT2D eigenvalue weighted by Crippen LogP contribution is 2.42. The number of halogens is 2. The quantitative estimate of drug-likeness (QED) is 0.392. The third kappa shape index (κ3) is 3.43. The van der Waals surface area contributed by atoms with Crippen molar-refractivity contribution >= 4 is 34.1 Å². The SMILES string of the molecule is C[C@]1(CCc2ccccc2)[NH2+]C[C@H](c2ccc(Cl)cc2Cl)c2c1[nH]c1ccccc21. The molecule has 2 atom stereocenters. The van der Waals surface area contributed by atoms with E-state index in [0.717, 1.165) is 30.0 Å². The Labute approximate surface area is 187 Å². The van der Waals surface area contributed by atoms with Gasteiger partial charge in [0.25, 0.3) is 0 Å². The lowest BCUT2D eigenvalue weighted by Gasteiger charge is -2.36. The van der Waals surface area contributed by atoms with Crippen LogP contribution in [0, 0.1) is 0 Å². The lowest BCUT2D eigenvalue weighted by atomic mass is 9.77. The second-order valence-electron chi connectivity index (χ2n) is 8.52. The average molecular weight is 436 g/mol. The van der Waals surface area contributed by atoms with Crippen LogP contribution in [0.3, 0.4) is 0 Å². The molecule has 2 heterocycles. The molecule has 0 aliphatic carbocycles. The Morgan fingerprint density at radius 3 is 2.57 bits per heavy atom. The Morgan fingerprint density at radius 1 is 1.00 bits per heavy atom. The zero-order valence-corrected chi connectivity index (χ0v) is 18.5. The lowest BCUT2D eigenvalue weighted by molar-refractivity contribution is -0.739. The molecule has 30 heavy (non-hydrogen) atoms. The summed E-state index contributed by atoms with van der Waals surface area (Å²) in [7, 11) is 0. The molecular weight excluding hydrogens is 411 g/mol. The van der Waals surface area contributed by atoms with Crippen LogP contribution in [0.2, 0.25) is 10.0 Å². The summed E-state index contributed by atoms with van der Waals surface area (Å²) in [5.74, 6) is 0.228. The Bertz CT molecular complexity index is 1200. The number of quaternary nitrogens is 1. The molecule has 4 aromatic rings. The summed E-state index contributed by atoms with van der Waals surface area (Å²) >= 11 is 12.8. The fourth-order valence-electron chi connectivity index (χ4n) is 4.92. The van der Waals surface area contributed by atoms with E-state index in [9.17, 15) is 0 Å². The number of aromatic nitrogens is 1. The van der Waals surface area contributed by atoms with Crippen LogP contribution in [0.1, 0.15) is 41.6 Å². The van der Waals surface area contributed by atoms with Gasteiger partial charge in [0.15, 0.2) is 0 Å². The van der Waals surface area contributed by atoms with Crippen molar-refractivity contribution in [1.29, 1.82) is 0 Å². The van der Waals surface area contributed by atoms with Gasteiger partial charge in [-0.2, -0.15) is 0 Å². The Morgan fingerprint density at radius 2 is 1.77 bits per heavy atom. The van der Waals surface area contributed by atoms with Crippen molar-refractivity contribution in [3.63, 3.8) is 0 Å². The predicted octanol–water partition coefficient (Wildman–Crippen LogP) is 6.03. The van der Waals surface area contributed by atoms with E-state index in [2.05, 4.69) is 77.9 Å². The van der Waals surface area contributed by atoms with E-state index in [-0.39, 0.29) is 11.5 Å². The second-order valence-corrected chi connectivity index (χ2v) is 9.36. The minimum atomic E-state index is -0.0143. The van der Waals surface area contributed by atoms with Gasteiger partial charge in [0, 0.05) is 32.9 Å². The maximum absolute atomic E-state index is 6.65. The molecule has 0 fully saturated rings. The third-order valence-corrected chi connectivity index (χ3v) is 7.15. The molecule has 1 aromatic heterocycles. The van der Waals surface area contributed by atoms with Gasteiger partial charge in [0.2, 0.25) is 0 Å². The number of hydrogen-bond donors (Lipinski definition) is 2. The zero-order chi connectivity index (χ0) is 20.7. The topological polar surface area (TPSA) is 32.4 Å². The smallest absolute Gasteiger partial charge is 0.134 e. The monoisotopic (exact) mass is 435 g/mol. The number of fused-ring (bicyclic) bond motifs is 3. The molecule has 2 nitrogen and oxygen atoms in total. The Hall–Kier alpha value is -2.26. The molecule has 1 aliphatic heterocycles. The van der Waals surface area contributed by atoms with Crippen molar-refractivity contribution in [2.45, 2.75) is 31.2 Å². The maximum atomic E-state index is 6.65. The van der Waals surface area contributed by atoms with Crippen molar-refractivity contribution in [3.8, 4) is 0 Å². The molecule has 1 aliphatic rings. The van der Waals surface area contributed by atoms with E-state index in [1.807, 2.05) is 12.1 Å². The number of hydrogen-bond acceptors (Lipinski definition) is 0. The van der Waals surface area contributed by atoms with E-state index >= 15 is 0 Å². The summed E-state index contributed by atoms with van der Waals surface area (Å²) in [5, 5.41) is 5.20. The van der Waals surface area contributed by atoms with Crippen molar-refractivity contribution < 1.29 is 5.32 Å². The van der Waals surface area contributed by atoms with Gasteiger partial charge in [-0.15, -0.1) is 0 Å². The van der Waals surface area contributed by atoms with E-state index in [1.54, 1.807) is 0 Å². The minimum Gasteiger partial charge on any atom is -0.353 e. The van der Waals surface area contributed by atoms with E-state index in [4.69, 9.17) is 23.2 Å². The van der Waals surface area contributed by atoms with Crippen molar-refractivity contribution in [1.82, 2.24) is 4.98 Å². The molecule has 3 N–H and O–H groups in total. The van der Waals surface area contributed by atoms with E-state index in [0.29, 0.717) is 5.02 Å². The highest BCUT2D eigenvalue weighted by atomic mass is 35.5. The van der Waals surface area contributed by atoms with Crippen LogP contribution in [-0.4, -0.2) is 11.5 Å². The van der Waals surface area contributed by atoms with Crippen LogP contribution >= 0.6 is 23.2 Å². The number of para-hydroxylation sites is 1. The van der Waals surface area contributed by atoms with E-state index in [1.165, 1.54) is 27.7 Å². The van der Waals surface area contributed by atoms with Crippen molar-refractivity contribution in [2.24, 2.45) is 0 Å². The molecular formula is C26H25Cl2N2+. The molecule has 4 heteroatoms. The first-order valence-corrected chi connectivity index (χ1v) is 11.2. The molecule has 0 amide bonds. The number of H-pyrrole nitrogens is 1. The largest absolute Gasteiger partial charge is 0.353 e. The fraction of sp³-hybridized carbons (Fsp3) is 0.231. The molecule has 0 saturated heterocycles. The van der Waals surface area contributed by atoms with Crippen LogP contribution < -0.4 is 5.32 Å². The van der Waals surface area contributed by atoms with Crippen LogP contribution in [0.25, 0.3) is 10.9 Å². The van der Waals surface area contributed by atoms with Gasteiger partial charge in [-0.25, -0.2) is 0 Å². The van der Waals surface area contributed by atoms with Crippen LogP contribution in [-0.2, 0) is 12.0 Å². The van der Waals surface area contributed by atoms with Gasteiger partial charge in [-0.05, 0) is 42.7 Å². The highest BCUT2D eigenvalue weighted by Gasteiger charge is 2.42. The first kappa shape index (κ1) is 19.7. The summed E-state index contributed by atoms with van der Waals surface area (Å²) in [4.78, 5) is 3.77. The predicted molar refractivity (Wildman–Crippen MR) is 126 cm³/mol. The van der Waals surface area contributed by atoms with Crippen LogP contribution in [0.15, 0.2) is 72.8 Å². The first-order chi connectivity index (χ1) is 14.5. The van der Waals surface area contributed by atoms with Gasteiger partial charge in [-0.1, -0.05) is 77.8 Å². The molecule has 0 unspecified atom stereocenters. The highest BCUT2D eigenvalue weighted by molar-refractivity contribution is 6.35. The summed E-state index contributed by atoms with van der Waals surface area (Å²) in [6.45, 7) is 3.32. The molecule has 0 spiro atoms. The normalized spacial score (nSPS) is 21.0. The molecule has 0 saturated carbocycles. The average Bonchev–Trinajstić information content (AvgIpc) is 3.15. The van der Waals surface area contributed by atoms with Gasteiger partial charge < -0.3 is 10.3 Å². The number of rotatable bonds is 4. The molecule has 5 rings (SSSR count). The number of nitrogens with one attached hydrogen (secondary N) is 1. The van der Waals surface area contributed by atoms with Crippen LogP contribution in [0.5, 0.6) is 0 Å². The van der Waals surface area contributed by atoms with Crippen molar-refractivity contribution in [3.05, 3.63) is 105 Å². The first-order valence-electron chi connectivity index (χ1n) is 10.5. The molecule has 0 bridgehead atoms. The zero-order valence-electron chi connectivity index (χ0n) is 17.0. The number of benzene rings is 3. The third-order valence-electron chi connectivity index (χ3n) is 6.58. The molecule has 3 aromatic carbocycles. The summed E-state index contributed by atoms with van der Waals surface area (Å²) < 4.78 is 0. The van der Waals surface area contributed by atoms with Gasteiger partial charge in [0.05, 0.1) is 18.2 Å². The lowest BCUT2D eigenvalue weighted by Crippen LogP contribution is -2.96. The number of aryl methyl sites for hydroxylation is 1. The second kappa shape index (κ2) is 7.77. The maximum Gasteiger partial charge on any atom is 0.134 e. The van der Waals surface area contributed by atoms with E-state index < -0.39 is 0 Å². The standard InChI is InChI=1S/C26H24Cl2N2/c1-26(14-13-17-7-3-2-4-8-17)25-24(20-9-5-6-10-23(20)30-25)21(16-29-26)19-12-11-18(27)15-22(19)28/h2-12,15,21,29-30H,13-14,16H2,1H3/p+1/t21-,26-/m1/s1. The fourth-order valence-corrected chi connectivity index (χ4v) is 5.46. The van der Waals surface area contributed by atoms with Gasteiger partial charge in [-0.3, -0.25) is 0 Å². The van der Waals surface area contributed by atoms with Gasteiger partial charge in [0.1, 0.15) is 5.54 Å². The number of nitrogens with two attached hydrogens (primary N) is 1. The summed E-state index contributed by atoms with van der Waals surface area (Å²) in [6.07, 6.45) is 2.12. The minimum absolute atomic E-state index is 0.0143. The molecule has 0 radical (unpaired) electrons. The van der Waals surface area contributed by atoms with Gasteiger partial charge >= 0.3 is 0 Å². The Balaban J connectivity index is 1.60. The Kier molecular flexibility index (Phi) is 5.10.